The molecule has 0 unspecified atom stereocenters. The third-order valence-corrected chi connectivity index (χ3v) is 6.81. The molecule has 0 radical (unpaired) electrons. The predicted molar refractivity (Wildman–Crippen MR) is 83.5 cm³/mol. The summed E-state index contributed by atoms with van der Waals surface area (Å²) in [5.41, 5.74) is 0. The molecule has 0 N–H and O–H groups in total. The molecule has 122 valence electrons. The molecular formula is C13H20N4O3S2. The average molecular weight is 344 g/mol. The molecular weight excluding hydrogens is 324 g/mol. The molecule has 1 aromatic heterocycles. The number of carbonyl (C=O) groups excluding carboxylic acids is 1. The van der Waals surface area contributed by atoms with Crippen LogP contribution in [0.3, 0.4) is 0 Å². The van der Waals surface area contributed by atoms with Crippen LogP contribution in [0.2, 0.25) is 0 Å². The van der Waals surface area contributed by atoms with E-state index < -0.39 is 9.84 Å². The molecule has 0 bridgehead atoms. The highest BCUT2D eigenvalue weighted by Gasteiger charge is 2.34. The number of hydrogen-bond donors (Lipinski definition) is 0. The number of thioether (sulfide) groups is 1. The lowest BCUT2D eigenvalue weighted by Crippen LogP contribution is -2.42. The van der Waals surface area contributed by atoms with Crippen LogP contribution in [0.4, 0.5) is 0 Å². The van der Waals surface area contributed by atoms with Gasteiger partial charge in [-0.2, -0.15) is 0 Å². The van der Waals surface area contributed by atoms with Crippen LogP contribution in [0.5, 0.6) is 0 Å². The Bertz CT molecular complexity index is 654. The third kappa shape index (κ3) is 3.45. The minimum atomic E-state index is -2.98. The summed E-state index contributed by atoms with van der Waals surface area (Å²) in [5, 5.41) is 8.74. The summed E-state index contributed by atoms with van der Waals surface area (Å²) in [6.45, 7) is 2.43. The fourth-order valence-electron chi connectivity index (χ4n) is 2.81. The summed E-state index contributed by atoms with van der Waals surface area (Å²) < 4.78 is 25.2. The van der Waals surface area contributed by atoms with E-state index in [1.165, 1.54) is 11.8 Å². The van der Waals surface area contributed by atoms with Gasteiger partial charge >= 0.3 is 0 Å². The molecule has 1 aliphatic heterocycles. The molecule has 2 aliphatic rings. The Morgan fingerprint density at radius 3 is 2.82 bits per heavy atom. The molecule has 22 heavy (non-hydrogen) atoms. The fraction of sp³-hybridized carbons (Fsp3) is 0.769. The van der Waals surface area contributed by atoms with Crippen LogP contribution in [-0.4, -0.2) is 63.8 Å². The van der Waals surface area contributed by atoms with E-state index in [-0.39, 0.29) is 29.2 Å². The molecule has 0 spiro atoms. The van der Waals surface area contributed by atoms with Crippen molar-refractivity contribution in [2.24, 2.45) is 0 Å². The molecule has 1 amide bonds. The van der Waals surface area contributed by atoms with Crippen LogP contribution < -0.4 is 0 Å². The van der Waals surface area contributed by atoms with E-state index in [1.54, 1.807) is 11.2 Å². The van der Waals surface area contributed by atoms with Gasteiger partial charge in [0.05, 0.1) is 17.3 Å². The normalized spacial score (nSPS) is 23.6. The van der Waals surface area contributed by atoms with Crippen LogP contribution in [-0.2, 0) is 14.6 Å². The standard InChI is InChI=1S/C13H20N4O3S2/c1-2-16(11-5-6-22(19,20)8-11)12(18)7-21-13-15-14-9-17(13)10-3-4-10/h9-11H,2-8H2,1H3/t11-/m1/s1. The van der Waals surface area contributed by atoms with Crippen molar-refractivity contribution >= 4 is 27.5 Å². The Morgan fingerprint density at radius 1 is 1.45 bits per heavy atom. The lowest BCUT2D eigenvalue weighted by Gasteiger charge is -2.26. The summed E-state index contributed by atoms with van der Waals surface area (Å²) in [7, 11) is -2.98. The van der Waals surface area contributed by atoms with Crippen molar-refractivity contribution in [2.45, 2.75) is 43.4 Å². The summed E-state index contributed by atoms with van der Waals surface area (Å²) in [5.74, 6) is 0.524. The van der Waals surface area contributed by atoms with Gasteiger partial charge in [-0.3, -0.25) is 4.79 Å². The van der Waals surface area contributed by atoms with E-state index in [9.17, 15) is 13.2 Å². The summed E-state index contributed by atoms with van der Waals surface area (Å²) in [4.78, 5) is 14.1. The molecule has 1 saturated carbocycles. The molecule has 1 aliphatic carbocycles. The second-order valence-electron chi connectivity index (χ2n) is 5.78. The van der Waals surface area contributed by atoms with Gasteiger partial charge in [-0.25, -0.2) is 8.42 Å². The van der Waals surface area contributed by atoms with E-state index in [4.69, 9.17) is 0 Å². The first-order valence-electron chi connectivity index (χ1n) is 7.52. The van der Waals surface area contributed by atoms with E-state index in [2.05, 4.69) is 10.2 Å². The summed E-state index contributed by atoms with van der Waals surface area (Å²) >= 11 is 1.38. The number of sulfone groups is 1. The molecule has 1 aromatic rings. The van der Waals surface area contributed by atoms with E-state index in [0.29, 0.717) is 19.0 Å². The number of hydrogen-bond acceptors (Lipinski definition) is 6. The van der Waals surface area contributed by atoms with Gasteiger partial charge in [0.25, 0.3) is 0 Å². The second kappa shape index (κ2) is 6.19. The molecule has 1 saturated heterocycles. The zero-order chi connectivity index (χ0) is 15.7. The lowest BCUT2D eigenvalue weighted by atomic mass is 10.2. The highest BCUT2D eigenvalue weighted by molar-refractivity contribution is 7.99. The number of aromatic nitrogens is 3. The highest BCUT2D eigenvalue weighted by atomic mass is 32.2. The Labute approximate surface area is 134 Å². The van der Waals surface area contributed by atoms with Crippen molar-refractivity contribution in [3.8, 4) is 0 Å². The van der Waals surface area contributed by atoms with E-state index >= 15 is 0 Å². The maximum Gasteiger partial charge on any atom is 0.233 e. The van der Waals surface area contributed by atoms with Crippen LogP contribution in [0.25, 0.3) is 0 Å². The molecule has 3 rings (SSSR count). The van der Waals surface area contributed by atoms with Gasteiger partial charge in [-0.1, -0.05) is 11.8 Å². The predicted octanol–water partition coefficient (Wildman–Crippen LogP) is 0.741. The van der Waals surface area contributed by atoms with Gasteiger partial charge in [-0.05, 0) is 26.2 Å². The molecule has 2 heterocycles. The Balaban J connectivity index is 1.59. The van der Waals surface area contributed by atoms with Gasteiger partial charge in [0, 0.05) is 18.6 Å². The third-order valence-electron chi connectivity index (χ3n) is 4.12. The molecule has 0 aromatic carbocycles. The topological polar surface area (TPSA) is 85.2 Å². The summed E-state index contributed by atoms with van der Waals surface area (Å²) in [6.07, 6.45) is 4.54. The fourth-order valence-corrected chi connectivity index (χ4v) is 5.41. The van der Waals surface area contributed by atoms with Gasteiger partial charge < -0.3 is 9.47 Å². The van der Waals surface area contributed by atoms with Crippen LogP contribution >= 0.6 is 11.8 Å². The molecule has 7 nitrogen and oxygen atoms in total. The Hall–Kier alpha value is -1.09. The molecule has 2 fully saturated rings. The van der Waals surface area contributed by atoms with E-state index in [1.807, 2.05) is 11.5 Å². The summed E-state index contributed by atoms with van der Waals surface area (Å²) in [6, 6.07) is 0.305. The average Bonchev–Trinajstić information content (AvgIpc) is 3.10. The number of nitrogens with zero attached hydrogens (tertiary/aromatic N) is 4. The monoisotopic (exact) mass is 344 g/mol. The van der Waals surface area contributed by atoms with Gasteiger partial charge in [0.1, 0.15) is 6.33 Å². The van der Waals surface area contributed by atoms with Crippen molar-refractivity contribution in [1.29, 1.82) is 0 Å². The Morgan fingerprint density at radius 2 is 2.23 bits per heavy atom. The van der Waals surface area contributed by atoms with Crippen molar-refractivity contribution in [1.82, 2.24) is 19.7 Å². The van der Waals surface area contributed by atoms with Gasteiger partial charge in [-0.15, -0.1) is 10.2 Å². The lowest BCUT2D eigenvalue weighted by molar-refractivity contribution is -0.129. The first kappa shape index (κ1) is 15.8. The van der Waals surface area contributed by atoms with Crippen molar-refractivity contribution in [2.75, 3.05) is 23.8 Å². The maximum absolute atomic E-state index is 12.4. The quantitative estimate of drug-likeness (QED) is 0.708. The molecule has 9 heteroatoms. The van der Waals surface area contributed by atoms with Gasteiger partial charge in [0.2, 0.25) is 5.91 Å². The smallest absolute Gasteiger partial charge is 0.233 e. The SMILES string of the molecule is CCN(C(=O)CSc1nncn1C1CC1)[C@@H]1CCS(=O)(=O)C1. The van der Waals surface area contributed by atoms with Crippen LogP contribution in [0.15, 0.2) is 11.5 Å². The highest BCUT2D eigenvalue weighted by Crippen LogP contribution is 2.37. The van der Waals surface area contributed by atoms with Crippen molar-refractivity contribution in [3.63, 3.8) is 0 Å². The van der Waals surface area contributed by atoms with Gasteiger partial charge in [0.15, 0.2) is 15.0 Å². The first-order valence-corrected chi connectivity index (χ1v) is 10.3. The van der Waals surface area contributed by atoms with Crippen molar-refractivity contribution < 1.29 is 13.2 Å². The van der Waals surface area contributed by atoms with E-state index in [0.717, 1.165) is 18.0 Å². The second-order valence-corrected chi connectivity index (χ2v) is 8.95. The maximum atomic E-state index is 12.4. The van der Waals surface area contributed by atoms with Crippen LogP contribution in [0.1, 0.15) is 32.2 Å². The number of carbonyl (C=O) groups is 1. The minimum absolute atomic E-state index is 0.0278. The zero-order valence-electron chi connectivity index (χ0n) is 12.5. The molecule has 1 atom stereocenters. The minimum Gasteiger partial charge on any atom is -0.338 e. The Kier molecular flexibility index (Phi) is 4.44. The number of rotatable bonds is 6. The largest absolute Gasteiger partial charge is 0.338 e. The zero-order valence-corrected chi connectivity index (χ0v) is 14.1. The van der Waals surface area contributed by atoms with Crippen LogP contribution in [0, 0.1) is 0 Å². The van der Waals surface area contributed by atoms with Crippen molar-refractivity contribution in [3.05, 3.63) is 6.33 Å². The first-order chi connectivity index (χ1) is 10.5. The number of amides is 1.